The van der Waals surface area contributed by atoms with Crippen LogP contribution in [0.1, 0.15) is 0 Å². The second-order valence-corrected chi connectivity index (χ2v) is 2.68. The minimum Gasteiger partial charge on any atom is -0.822 e. The van der Waals surface area contributed by atoms with Gasteiger partial charge in [-0.3, -0.25) is 0 Å². The Balaban J connectivity index is -0.0000000178. The van der Waals surface area contributed by atoms with Crippen LogP contribution in [0.15, 0.2) is 0 Å². The number of hydrogen-bond donors (Lipinski definition) is 0. The molecule has 0 fully saturated rings. The topological polar surface area (TPSA) is 172 Å². The third-order valence-corrected chi connectivity index (χ3v) is 0. The first-order valence-corrected chi connectivity index (χ1v) is 4.38. The maximum Gasteiger partial charge on any atom is 2.00 e. The van der Waals surface area contributed by atoms with Crippen molar-refractivity contribution in [1.82, 2.24) is 0 Å². The van der Waals surface area contributed by atoms with Crippen LogP contribution in [0.5, 0.6) is 0 Å². The maximum atomic E-state index is 8.55. The van der Waals surface area contributed by atoms with Crippen LogP contribution in [0, 0.1) is 0 Å². The minimum absolute atomic E-state index is 0. The van der Waals surface area contributed by atoms with Gasteiger partial charge in [0.05, 0.1) is 8.41 Å². The van der Waals surface area contributed by atoms with Crippen molar-refractivity contribution in [2.24, 2.45) is 0 Å². The van der Waals surface area contributed by atoms with E-state index < -0.39 is 15.6 Å². The summed E-state index contributed by atoms with van der Waals surface area (Å²) in [5, 5.41) is 0. The van der Waals surface area contributed by atoms with Crippen LogP contribution < -0.4 is 29.4 Å². The normalized spacial score (nSPS) is 8.43. The molecule has 0 amide bonds. The van der Waals surface area contributed by atoms with Crippen molar-refractivity contribution in [2.75, 3.05) is 0 Å². The van der Waals surface area contributed by atoms with Gasteiger partial charge in [-0.15, -0.1) is 0 Å². The second-order valence-electron chi connectivity index (χ2n) is 0.894. The quantitative estimate of drug-likeness (QED) is 0.312. The van der Waals surface area contributed by atoms with Crippen molar-refractivity contribution in [3.8, 4) is 0 Å². The summed E-state index contributed by atoms with van der Waals surface area (Å²) in [7, 11) is -10.8. The predicted molar refractivity (Wildman–Crippen MR) is 42.4 cm³/mol. The molecule has 0 aromatic carbocycles. The van der Waals surface area contributed by atoms with Gasteiger partial charge in [0, 0.05) is 0 Å². The summed E-state index contributed by atoms with van der Waals surface area (Å²) in [6, 6.07) is 0. The third kappa shape index (κ3) is 221. The Morgan fingerprint density at radius 1 is 0.571 bits per heavy atom. The summed E-state index contributed by atoms with van der Waals surface area (Å²) in [6.07, 6.45) is 0. The molecule has 70 valence electrons. The van der Waals surface area contributed by atoms with Crippen LogP contribution in [-0.4, -0.2) is 122 Å². The smallest absolute Gasteiger partial charge is 0.822 e. The van der Waals surface area contributed by atoms with E-state index in [-0.39, 0.29) is 122 Å². The zero-order valence-electron chi connectivity index (χ0n) is 6.28. The van der Waals surface area contributed by atoms with Gasteiger partial charge in [0.15, 0.2) is 0 Å². The predicted octanol–water partition coefficient (Wildman–Crippen LogP) is -7.98. The summed E-state index contributed by atoms with van der Waals surface area (Å²) >= 11 is 0. The molecule has 0 aliphatic carbocycles. The molecule has 0 aromatic heterocycles. The summed E-state index contributed by atoms with van der Waals surface area (Å²) < 4.78 is 17.1. The monoisotopic (exact) mass is 324 g/mol. The molecule has 0 atom stereocenters. The molecule has 0 saturated heterocycles. The Labute approximate surface area is 172 Å². The fraction of sp³-hybridized carbons (Fsp3) is 0. The van der Waals surface area contributed by atoms with E-state index in [0.717, 1.165) is 0 Å². The van der Waals surface area contributed by atoms with Gasteiger partial charge < -0.3 is 38.5 Å². The fourth-order valence-corrected chi connectivity index (χ4v) is 0. The van der Waals surface area contributed by atoms with Crippen molar-refractivity contribution in [3.05, 3.63) is 0 Å². The van der Waals surface area contributed by atoms with E-state index in [1.165, 1.54) is 0 Å². The van der Waals surface area contributed by atoms with Crippen LogP contribution >= 0.6 is 15.6 Å². The van der Waals surface area contributed by atoms with E-state index in [1.54, 1.807) is 0 Å². The van der Waals surface area contributed by atoms with Crippen molar-refractivity contribution < 1.29 is 38.5 Å². The largest absolute Gasteiger partial charge is 2.00 e. The molecule has 0 bridgehead atoms. The van der Waals surface area contributed by atoms with E-state index in [2.05, 4.69) is 0 Å². The van der Waals surface area contributed by atoms with Gasteiger partial charge in [-0.2, -0.15) is 15.6 Å². The van der Waals surface area contributed by atoms with Crippen molar-refractivity contribution in [3.63, 3.8) is 0 Å². The maximum absolute atomic E-state index is 8.55. The average molecular weight is 324 g/mol. The Kier molecular flexibility index (Phi) is 44.1. The molecule has 14 heavy (non-hydrogen) atoms. The van der Waals surface area contributed by atoms with Gasteiger partial charge in [0.2, 0.25) is 0 Å². The standard InChI is InChI=1S/BH3.3Ca.2H3O4P/c;;;;2*1-5(2,3)4/h1H3;;;;2*(H3,1,2,3,4)/q;3*+2;;/p-6. The molecule has 0 saturated carbocycles. The van der Waals surface area contributed by atoms with Crippen LogP contribution in [-0.2, 0) is 9.13 Å². The molecule has 8 nitrogen and oxygen atoms in total. The molecule has 0 aromatic rings. The van der Waals surface area contributed by atoms with E-state index >= 15 is 0 Å². The van der Waals surface area contributed by atoms with Gasteiger partial charge in [0.25, 0.3) is 0 Å². The van der Waals surface area contributed by atoms with E-state index in [1.807, 2.05) is 0 Å². The van der Waals surface area contributed by atoms with Crippen molar-refractivity contribution in [1.29, 1.82) is 0 Å². The number of rotatable bonds is 0. The molecule has 0 aliphatic rings. The Hall–Kier alpha value is 4.06. The minimum atomic E-state index is -5.39. The van der Waals surface area contributed by atoms with E-state index in [9.17, 15) is 0 Å². The van der Waals surface area contributed by atoms with Crippen molar-refractivity contribution in [2.45, 2.75) is 0 Å². The summed E-state index contributed by atoms with van der Waals surface area (Å²) in [4.78, 5) is 51.3. The molecule has 0 aliphatic heterocycles. The Morgan fingerprint density at radius 2 is 0.571 bits per heavy atom. The molecular weight excluding hydrogens is 321 g/mol. The SMILES string of the molecule is B.O=P([O-])([O-])[O-].O=P([O-])([O-])[O-].[Ca+2].[Ca+2].[Ca+2]. The molecule has 14 heteroatoms. The van der Waals surface area contributed by atoms with Crippen LogP contribution in [0.2, 0.25) is 0 Å². The zero-order valence-corrected chi connectivity index (χ0v) is 14.7. The molecule has 0 spiro atoms. The number of phosphoric acid groups is 2. The third-order valence-electron chi connectivity index (χ3n) is 0. The molecule has 0 N–H and O–H groups in total. The first-order chi connectivity index (χ1) is 4.00. The Morgan fingerprint density at radius 3 is 0.571 bits per heavy atom. The summed E-state index contributed by atoms with van der Waals surface area (Å²) in [5.74, 6) is 0. The first-order valence-electron chi connectivity index (χ1n) is 1.46. The van der Waals surface area contributed by atoms with Crippen LogP contribution in [0.3, 0.4) is 0 Å². The second kappa shape index (κ2) is 17.1. The summed E-state index contributed by atoms with van der Waals surface area (Å²) in [5.41, 5.74) is 0. The van der Waals surface area contributed by atoms with Crippen LogP contribution in [0.25, 0.3) is 0 Å². The van der Waals surface area contributed by atoms with Gasteiger partial charge >= 0.3 is 113 Å². The van der Waals surface area contributed by atoms with Crippen molar-refractivity contribution >= 4 is 137 Å². The molecule has 0 rings (SSSR count). The number of hydrogen-bond acceptors (Lipinski definition) is 8. The molecule has 0 radical (unpaired) electrons. The molecular formula is H3BCa3O8P2. The van der Waals surface area contributed by atoms with Gasteiger partial charge in [-0.1, -0.05) is 0 Å². The van der Waals surface area contributed by atoms with Gasteiger partial charge in [-0.25, -0.2) is 0 Å². The van der Waals surface area contributed by atoms with E-state index in [4.69, 9.17) is 38.5 Å². The average Bonchev–Trinajstić information content (AvgIpc) is 1.12. The van der Waals surface area contributed by atoms with Gasteiger partial charge in [-0.05, 0) is 0 Å². The fourth-order valence-electron chi connectivity index (χ4n) is 0. The molecule has 0 heterocycles. The Bertz CT molecular complexity index is 135. The summed E-state index contributed by atoms with van der Waals surface area (Å²) in [6.45, 7) is 0. The van der Waals surface area contributed by atoms with Crippen LogP contribution in [0.4, 0.5) is 0 Å². The van der Waals surface area contributed by atoms with E-state index in [0.29, 0.717) is 0 Å². The molecule has 0 unspecified atom stereocenters. The van der Waals surface area contributed by atoms with Gasteiger partial charge in [0.1, 0.15) is 0 Å². The first kappa shape index (κ1) is 36.1. The zero-order chi connectivity index (χ0) is 9.00.